The molecule has 0 aliphatic carbocycles. The summed E-state index contributed by atoms with van der Waals surface area (Å²) in [5, 5.41) is 16.2. The number of esters is 1. The number of thioether (sulfide) groups is 1. The van der Waals surface area contributed by atoms with Crippen LogP contribution in [-0.4, -0.2) is 39.5 Å². The second-order valence-electron chi connectivity index (χ2n) is 8.29. The first-order valence-electron chi connectivity index (χ1n) is 11.3. The van der Waals surface area contributed by atoms with Crippen LogP contribution in [0, 0.1) is 5.82 Å². The maximum atomic E-state index is 13.4. The van der Waals surface area contributed by atoms with Gasteiger partial charge in [-0.3, -0.25) is 9.36 Å². The van der Waals surface area contributed by atoms with E-state index in [2.05, 4.69) is 47.4 Å². The summed E-state index contributed by atoms with van der Waals surface area (Å²) in [6.45, 7) is 8.62. The van der Waals surface area contributed by atoms with Crippen LogP contribution in [0.25, 0.3) is 22.5 Å². The van der Waals surface area contributed by atoms with Crippen molar-refractivity contribution in [2.45, 2.75) is 31.5 Å². The number of amides is 1. The van der Waals surface area contributed by atoms with Gasteiger partial charge in [0.25, 0.3) is 0 Å². The Morgan fingerprint density at radius 1 is 1.19 bits per heavy atom. The van der Waals surface area contributed by atoms with Gasteiger partial charge in [-0.25, -0.2) is 9.18 Å². The maximum Gasteiger partial charge on any atom is 0.341 e. The standard InChI is InChI=1S/C26H25FN4O3S3/c1-5-10-31-23(17-11-20(15(2)3)35-12-17)29-30-26(31)37-14-21(32)28-24-22(25(33)34-4)19(13-36-24)16-6-8-18(27)9-7-16/h5-9,11-13,15H,1,10,14H2,2-4H3,(H,28,32). The molecule has 3 heterocycles. The monoisotopic (exact) mass is 556 g/mol. The third kappa shape index (κ3) is 6.00. The molecule has 0 fully saturated rings. The second kappa shape index (κ2) is 11.8. The van der Waals surface area contributed by atoms with Crippen molar-refractivity contribution in [2.75, 3.05) is 18.2 Å². The zero-order chi connectivity index (χ0) is 26.5. The third-order valence-electron chi connectivity index (χ3n) is 5.40. The van der Waals surface area contributed by atoms with E-state index in [4.69, 9.17) is 4.74 Å². The van der Waals surface area contributed by atoms with Crippen LogP contribution in [0.2, 0.25) is 0 Å². The molecule has 4 rings (SSSR count). The van der Waals surface area contributed by atoms with Gasteiger partial charge in [-0.15, -0.1) is 39.4 Å². The zero-order valence-corrected chi connectivity index (χ0v) is 22.9. The van der Waals surface area contributed by atoms with Crippen molar-refractivity contribution < 1.29 is 18.7 Å². The first kappa shape index (κ1) is 26.8. The number of aromatic nitrogens is 3. The van der Waals surface area contributed by atoms with E-state index in [1.807, 2.05) is 4.57 Å². The molecule has 192 valence electrons. The van der Waals surface area contributed by atoms with Gasteiger partial charge in [0.05, 0.1) is 12.9 Å². The minimum atomic E-state index is -0.588. The number of nitrogens with one attached hydrogen (secondary N) is 1. The maximum absolute atomic E-state index is 13.4. The number of carbonyl (C=O) groups is 2. The van der Waals surface area contributed by atoms with E-state index in [1.165, 1.54) is 47.2 Å². The van der Waals surface area contributed by atoms with Crippen LogP contribution in [0.4, 0.5) is 9.39 Å². The van der Waals surface area contributed by atoms with Crippen LogP contribution < -0.4 is 5.32 Å². The summed E-state index contributed by atoms with van der Waals surface area (Å²) in [7, 11) is 1.28. The predicted molar refractivity (Wildman–Crippen MR) is 148 cm³/mol. The van der Waals surface area contributed by atoms with Gasteiger partial charge in [0, 0.05) is 33.3 Å². The molecule has 1 amide bonds. The Kier molecular flexibility index (Phi) is 8.57. The lowest BCUT2D eigenvalue weighted by Crippen LogP contribution is -2.16. The number of nitrogens with zero attached hydrogens (tertiary/aromatic N) is 3. The number of hydrogen-bond donors (Lipinski definition) is 1. The number of methoxy groups -OCH3 is 1. The topological polar surface area (TPSA) is 86.1 Å². The molecule has 37 heavy (non-hydrogen) atoms. The first-order valence-corrected chi connectivity index (χ1v) is 14.1. The van der Waals surface area contributed by atoms with Crippen molar-refractivity contribution in [3.8, 4) is 22.5 Å². The van der Waals surface area contributed by atoms with E-state index in [0.29, 0.717) is 33.7 Å². The molecule has 0 saturated heterocycles. The molecule has 4 aromatic rings. The fraction of sp³-hybridized carbons (Fsp3) is 0.231. The van der Waals surface area contributed by atoms with Crippen molar-refractivity contribution in [3.63, 3.8) is 0 Å². The lowest BCUT2D eigenvalue weighted by molar-refractivity contribution is -0.113. The van der Waals surface area contributed by atoms with Crippen molar-refractivity contribution in [1.82, 2.24) is 14.8 Å². The zero-order valence-electron chi connectivity index (χ0n) is 20.5. The number of carbonyl (C=O) groups excluding carboxylic acids is 2. The SMILES string of the molecule is C=CCn1c(SCC(=O)Nc2scc(-c3ccc(F)cc3)c2C(=O)OC)nnc1-c1csc(C(C)C)c1. The molecular weight excluding hydrogens is 532 g/mol. The molecule has 0 atom stereocenters. The number of thiophene rings is 2. The van der Waals surface area contributed by atoms with Crippen molar-refractivity contribution in [2.24, 2.45) is 0 Å². The van der Waals surface area contributed by atoms with Gasteiger partial charge in [0.1, 0.15) is 16.4 Å². The largest absolute Gasteiger partial charge is 0.465 e. The highest BCUT2D eigenvalue weighted by Gasteiger charge is 2.23. The van der Waals surface area contributed by atoms with Crippen molar-refractivity contribution in [1.29, 1.82) is 0 Å². The van der Waals surface area contributed by atoms with E-state index >= 15 is 0 Å². The van der Waals surface area contributed by atoms with Crippen molar-refractivity contribution in [3.05, 3.63) is 70.0 Å². The predicted octanol–water partition coefficient (Wildman–Crippen LogP) is 6.70. The number of hydrogen-bond acceptors (Lipinski definition) is 8. The van der Waals surface area contributed by atoms with Gasteiger partial charge in [-0.2, -0.15) is 0 Å². The number of halogens is 1. The van der Waals surface area contributed by atoms with Gasteiger partial charge in [0.2, 0.25) is 5.91 Å². The molecule has 1 N–H and O–H groups in total. The van der Waals surface area contributed by atoms with Crippen LogP contribution in [0.1, 0.15) is 35.0 Å². The summed E-state index contributed by atoms with van der Waals surface area (Å²) in [5.74, 6) is -0.0779. The van der Waals surface area contributed by atoms with Gasteiger partial charge in [-0.05, 0) is 29.7 Å². The van der Waals surface area contributed by atoms with Crippen LogP contribution in [0.3, 0.4) is 0 Å². The van der Waals surface area contributed by atoms with Gasteiger partial charge >= 0.3 is 5.97 Å². The Hall–Kier alpha value is -3.28. The van der Waals surface area contributed by atoms with Crippen molar-refractivity contribution >= 4 is 51.3 Å². The van der Waals surface area contributed by atoms with Gasteiger partial charge in [0.15, 0.2) is 11.0 Å². The van der Waals surface area contributed by atoms with E-state index in [1.54, 1.807) is 34.9 Å². The normalized spacial score (nSPS) is 11.1. The molecule has 1 aromatic carbocycles. The van der Waals surface area contributed by atoms with E-state index in [9.17, 15) is 14.0 Å². The summed E-state index contributed by atoms with van der Waals surface area (Å²) in [6.07, 6.45) is 1.76. The number of rotatable bonds is 10. The summed E-state index contributed by atoms with van der Waals surface area (Å²) < 4.78 is 20.2. The fourth-order valence-corrected chi connectivity index (χ4v) is 6.19. The highest BCUT2D eigenvalue weighted by molar-refractivity contribution is 7.99. The van der Waals surface area contributed by atoms with Crippen LogP contribution in [0.15, 0.2) is 58.9 Å². The van der Waals surface area contributed by atoms with Crippen LogP contribution in [-0.2, 0) is 16.1 Å². The Balaban J connectivity index is 1.51. The smallest absolute Gasteiger partial charge is 0.341 e. The van der Waals surface area contributed by atoms with E-state index < -0.39 is 5.97 Å². The molecule has 3 aromatic heterocycles. The molecule has 0 unspecified atom stereocenters. The molecule has 0 aliphatic heterocycles. The minimum absolute atomic E-state index is 0.0561. The van der Waals surface area contributed by atoms with E-state index in [-0.39, 0.29) is 23.0 Å². The summed E-state index contributed by atoms with van der Waals surface area (Å²) >= 11 is 4.13. The molecule has 0 spiro atoms. The molecular formula is C26H25FN4O3S3. The fourth-order valence-electron chi connectivity index (χ4n) is 3.56. The number of benzene rings is 1. The molecule has 0 bridgehead atoms. The average molecular weight is 557 g/mol. The quantitative estimate of drug-likeness (QED) is 0.133. The molecule has 0 radical (unpaired) electrons. The Labute approximate surface area is 226 Å². The number of anilines is 1. The Bertz CT molecular complexity index is 1420. The third-order valence-corrected chi connectivity index (χ3v) is 8.49. The Morgan fingerprint density at radius 2 is 1.95 bits per heavy atom. The number of allylic oxidation sites excluding steroid dienone is 1. The molecule has 7 nitrogen and oxygen atoms in total. The lowest BCUT2D eigenvalue weighted by Gasteiger charge is -2.09. The average Bonchev–Trinajstić information content (AvgIpc) is 3.62. The minimum Gasteiger partial charge on any atom is -0.465 e. The molecule has 0 aliphatic rings. The highest BCUT2D eigenvalue weighted by atomic mass is 32.2. The van der Waals surface area contributed by atoms with Gasteiger partial charge in [-0.1, -0.05) is 43.8 Å². The second-order valence-corrected chi connectivity index (χ2v) is 11.1. The van der Waals surface area contributed by atoms with Crippen LogP contribution >= 0.6 is 34.4 Å². The van der Waals surface area contributed by atoms with Gasteiger partial charge < -0.3 is 10.1 Å². The summed E-state index contributed by atoms with van der Waals surface area (Å²) in [5.41, 5.74) is 2.42. The molecule has 0 saturated carbocycles. The highest BCUT2D eigenvalue weighted by Crippen LogP contribution is 2.37. The lowest BCUT2D eigenvalue weighted by atomic mass is 10.0. The number of ether oxygens (including phenoxy) is 1. The Morgan fingerprint density at radius 3 is 2.59 bits per heavy atom. The summed E-state index contributed by atoms with van der Waals surface area (Å²) in [4.78, 5) is 26.7. The molecule has 11 heteroatoms. The van der Waals surface area contributed by atoms with Crippen LogP contribution in [0.5, 0.6) is 0 Å². The first-order chi connectivity index (χ1) is 17.8. The van der Waals surface area contributed by atoms with E-state index in [0.717, 1.165) is 11.4 Å². The summed E-state index contributed by atoms with van der Waals surface area (Å²) in [6, 6.07) is 7.90.